The molecule has 16 heavy (non-hydrogen) atoms. The molecular formula is C14H13NS. The molecule has 2 aromatic rings. The summed E-state index contributed by atoms with van der Waals surface area (Å²) in [5.74, 6) is 0. The van der Waals surface area contributed by atoms with E-state index in [1.54, 1.807) is 5.37 Å². The Hall–Kier alpha value is -1.67. The third-order valence-corrected chi connectivity index (χ3v) is 2.69. The van der Waals surface area contributed by atoms with E-state index in [-0.39, 0.29) is 0 Å². The molecule has 0 unspecified atom stereocenters. The Labute approximate surface area is 101 Å². The van der Waals surface area contributed by atoms with Crippen molar-refractivity contribution in [3.63, 3.8) is 0 Å². The Bertz CT molecular complexity index is 491. The number of rotatable bonds is 3. The van der Waals surface area contributed by atoms with E-state index in [4.69, 9.17) is 18.0 Å². The number of nitrogen functional groups attached to an aromatic ring is 1. The van der Waals surface area contributed by atoms with Crippen LogP contribution in [0, 0.1) is 0 Å². The molecule has 0 atom stereocenters. The lowest BCUT2D eigenvalue weighted by atomic mass is 10.0. The van der Waals surface area contributed by atoms with E-state index in [1.165, 1.54) is 0 Å². The molecule has 0 saturated carbocycles. The van der Waals surface area contributed by atoms with Crippen LogP contribution in [0.2, 0.25) is 0 Å². The molecule has 0 aliphatic rings. The van der Waals surface area contributed by atoms with Gasteiger partial charge in [-0.1, -0.05) is 54.7 Å². The SMILES string of the molecule is Nc1cc(CC=S)ccc1-c1ccccc1. The summed E-state index contributed by atoms with van der Waals surface area (Å²) in [6.45, 7) is 0. The van der Waals surface area contributed by atoms with Crippen molar-refractivity contribution in [1.82, 2.24) is 0 Å². The molecule has 0 heterocycles. The number of benzene rings is 2. The van der Waals surface area contributed by atoms with Gasteiger partial charge in [0.1, 0.15) is 0 Å². The van der Waals surface area contributed by atoms with E-state index in [0.717, 1.165) is 28.8 Å². The quantitative estimate of drug-likeness (QED) is 0.641. The molecular weight excluding hydrogens is 214 g/mol. The molecule has 1 nitrogen and oxygen atoms in total. The maximum absolute atomic E-state index is 6.04. The van der Waals surface area contributed by atoms with Crippen molar-refractivity contribution in [2.75, 3.05) is 5.73 Å². The summed E-state index contributed by atoms with van der Waals surface area (Å²) in [5, 5.41) is 1.72. The molecule has 0 fully saturated rings. The number of hydrogen-bond acceptors (Lipinski definition) is 2. The zero-order valence-corrected chi connectivity index (χ0v) is 9.71. The molecule has 0 radical (unpaired) electrons. The molecule has 2 N–H and O–H groups in total. The van der Waals surface area contributed by atoms with Crippen LogP contribution in [0.4, 0.5) is 5.69 Å². The first kappa shape index (κ1) is 10.8. The number of thiocarbonyl (C=S) groups is 1. The Kier molecular flexibility index (Phi) is 3.32. The van der Waals surface area contributed by atoms with Gasteiger partial charge in [0.25, 0.3) is 0 Å². The van der Waals surface area contributed by atoms with E-state index in [2.05, 4.69) is 24.3 Å². The van der Waals surface area contributed by atoms with Crippen molar-refractivity contribution in [2.24, 2.45) is 0 Å². The Balaban J connectivity index is 2.40. The fourth-order valence-corrected chi connectivity index (χ4v) is 1.91. The molecule has 0 aliphatic heterocycles. The second kappa shape index (κ2) is 4.90. The predicted octanol–water partition coefficient (Wildman–Crippen LogP) is 3.48. The number of nitrogens with two attached hydrogens (primary N) is 1. The minimum Gasteiger partial charge on any atom is -0.398 e. The largest absolute Gasteiger partial charge is 0.398 e. The first-order chi connectivity index (χ1) is 7.81. The zero-order valence-electron chi connectivity index (χ0n) is 8.89. The summed E-state index contributed by atoms with van der Waals surface area (Å²) in [7, 11) is 0. The maximum Gasteiger partial charge on any atom is 0.0396 e. The summed E-state index contributed by atoms with van der Waals surface area (Å²) >= 11 is 4.84. The van der Waals surface area contributed by atoms with E-state index in [1.807, 2.05) is 24.3 Å². The summed E-state index contributed by atoms with van der Waals surface area (Å²) in [6, 6.07) is 16.3. The van der Waals surface area contributed by atoms with Crippen LogP contribution in [-0.2, 0) is 6.42 Å². The van der Waals surface area contributed by atoms with Crippen molar-refractivity contribution in [3.8, 4) is 11.1 Å². The van der Waals surface area contributed by atoms with Crippen molar-refractivity contribution >= 4 is 23.3 Å². The molecule has 0 aromatic heterocycles. The van der Waals surface area contributed by atoms with Gasteiger partial charge < -0.3 is 5.73 Å². The van der Waals surface area contributed by atoms with Crippen LogP contribution in [0.1, 0.15) is 5.56 Å². The first-order valence-electron chi connectivity index (χ1n) is 5.18. The zero-order chi connectivity index (χ0) is 11.4. The highest BCUT2D eigenvalue weighted by molar-refractivity contribution is 7.78. The van der Waals surface area contributed by atoms with Gasteiger partial charge in [-0.3, -0.25) is 0 Å². The standard InChI is InChI=1S/C14H13NS/c15-14-10-11(8-9-16)6-7-13(14)12-4-2-1-3-5-12/h1-7,9-10H,8,15H2. The summed E-state index contributed by atoms with van der Waals surface area (Å²) in [5.41, 5.74) is 10.2. The molecule has 0 saturated heterocycles. The summed E-state index contributed by atoms with van der Waals surface area (Å²) in [6.07, 6.45) is 0.786. The molecule has 2 aromatic carbocycles. The van der Waals surface area contributed by atoms with Crippen LogP contribution in [0.15, 0.2) is 48.5 Å². The second-order valence-corrected chi connectivity index (χ2v) is 3.99. The van der Waals surface area contributed by atoms with Crippen LogP contribution in [0.25, 0.3) is 11.1 Å². The second-order valence-electron chi connectivity index (χ2n) is 3.66. The van der Waals surface area contributed by atoms with Gasteiger partial charge in [0.05, 0.1) is 0 Å². The van der Waals surface area contributed by atoms with Crippen LogP contribution < -0.4 is 5.73 Å². The normalized spacial score (nSPS) is 10.0. The van der Waals surface area contributed by atoms with Crippen molar-refractivity contribution in [3.05, 3.63) is 54.1 Å². The average molecular weight is 227 g/mol. The molecule has 0 spiro atoms. The fourth-order valence-electron chi connectivity index (χ4n) is 1.72. The third kappa shape index (κ3) is 2.28. The van der Waals surface area contributed by atoms with Gasteiger partial charge in [0.15, 0.2) is 0 Å². The summed E-state index contributed by atoms with van der Waals surface area (Å²) < 4.78 is 0. The van der Waals surface area contributed by atoms with Gasteiger partial charge in [-0.2, -0.15) is 0 Å². The van der Waals surface area contributed by atoms with Gasteiger partial charge in [-0.25, -0.2) is 0 Å². The third-order valence-electron chi connectivity index (χ3n) is 2.52. The minimum atomic E-state index is 0.786. The maximum atomic E-state index is 6.04. The van der Waals surface area contributed by atoms with E-state index in [0.29, 0.717) is 0 Å². The number of hydrogen-bond donors (Lipinski definition) is 1. The van der Waals surface area contributed by atoms with Crippen LogP contribution in [0.5, 0.6) is 0 Å². The van der Waals surface area contributed by atoms with Gasteiger partial charge in [0, 0.05) is 17.7 Å². The van der Waals surface area contributed by atoms with Gasteiger partial charge in [0.2, 0.25) is 0 Å². The molecule has 0 bridgehead atoms. The monoisotopic (exact) mass is 227 g/mol. The van der Waals surface area contributed by atoms with Gasteiger partial charge in [-0.05, 0) is 22.6 Å². The molecule has 2 heteroatoms. The highest BCUT2D eigenvalue weighted by atomic mass is 32.1. The van der Waals surface area contributed by atoms with E-state index >= 15 is 0 Å². The Morgan fingerprint density at radius 1 is 1.06 bits per heavy atom. The topological polar surface area (TPSA) is 26.0 Å². The predicted molar refractivity (Wildman–Crippen MR) is 73.6 cm³/mol. The van der Waals surface area contributed by atoms with Crippen LogP contribution in [0.3, 0.4) is 0 Å². The lowest BCUT2D eigenvalue weighted by molar-refractivity contribution is 1.38. The molecule has 0 amide bonds. The Morgan fingerprint density at radius 2 is 1.81 bits per heavy atom. The van der Waals surface area contributed by atoms with E-state index < -0.39 is 0 Å². The van der Waals surface area contributed by atoms with Crippen LogP contribution in [-0.4, -0.2) is 5.37 Å². The highest BCUT2D eigenvalue weighted by Gasteiger charge is 2.02. The minimum absolute atomic E-state index is 0.786. The summed E-state index contributed by atoms with van der Waals surface area (Å²) in [4.78, 5) is 0. The lowest BCUT2D eigenvalue weighted by Crippen LogP contribution is -1.93. The first-order valence-corrected chi connectivity index (χ1v) is 5.66. The highest BCUT2D eigenvalue weighted by Crippen LogP contribution is 2.26. The lowest BCUT2D eigenvalue weighted by Gasteiger charge is -2.07. The van der Waals surface area contributed by atoms with Crippen molar-refractivity contribution in [2.45, 2.75) is 6.42 Å². The van der Waals surface area contributed by atoms with Gasteiger partial charge in [-0.15, -0.1) is 0 Å². The van der Waals surface area contributed by atoms with Crippen LogP contribution >= 0.6 is 12.2 Å². The molecule has 80 valence electrons. The van der Waals surface area contributed by atoms with E-state index in [9.17, 15) is 0 Å². The van der Waals surface area contributed by atoms with Gasteiger partial charge >= 0.3 is 0 Å². The molecule has 2 rings (SSSR count). The smallest absolute Gasteiger partial charge is 0.0396 e. The molecule has 0 aliphatic carbocycles. The fraction of sp³-hybridized carbons (Fsp3) is 0.0714. The Morgan fingerprint density at radius 3 is 2.44 bits per heavy atom. The number of anilines is 1. The van der Waals surface area contributed by atoms with Crippen molar-refractivity contribution in [1.29, 1.82) is 0 Å². The average Bonchev–Trinajstić information content (AvgIpc) is 2.31. The van der Waals surface area contributed by atoms with Crippen molar-refractivity contribution < 1.29 is 0 Å².